The summed E-state index contributed by atoms with van der Waals surface area (Å²) < 4.78 is 94.1. The van der Waals surface area contributed by atoms with E-state index in [4.69, 9.17) is 38.6 Å². The van der Waals surface area contributed by atoms with Gasteiger partial charge in [-0.3, -0.25) is 0 Å². The predicted octanol–water partition coefficient (Wildman–Crippen LogP) is 29.0. The second-order valence-corrected chi connectivity index (χ2v) is 30.9. The van der Waals surface area contributed by atoms with E-state index in [0.29, 0.717) is 45.6 Å². The van der Waals surface area contributed by atoms with Crippen molar-refractivity contribution in [1.29, 1.82) is 0 Å². The highest BCUT2D eigenvalue weighted by molar-refractivity contribution is 7.27. The molecule has 0 aliphatic heterocycles. The lowest BCUT2D eigenvalue weighted by molar-refractivity contribution is 1.07. The lowest BCUT2D eigenvalue weighted by Crippen LogP contribution is -2.00. The fourth-order valence-electron chi connectivity index (χ4n) is 16.4. The minimum absolute atomic E-state index is 0.0000410. The summed E-state index contributed by atoms with van der Waals surface area (Å²) in [5.74, 6) is 1.30. The molecule has 0 amide bonds. The number of rotatable bonds is 13. The van der Waals surface area contributed by atoms with Crippen molar-refractivity contribution in [2.24, 2.45) is 0 Å². The van der Waals surface area contributed by atoms with Crippen molar-refractivity contribution in [3.05, 3.63) is 412 Å². The van der Waals surface area contributed by atoms with Gasteiger partial charge in [-0.25, -0.2) is 29.9 Å². The zero-order chi connectivity index (χ0) is 86.7. The van der Waals surface area contributed by atoms with E-state index in [1.165, 1.54) is 68.5 Å². The smallest absolute Gasteiger partial charge is 0.164 e. The molecule has 0 saturated heterocycles. The van der Waals surface area contributed by atoms with Crippen LogP contribution in [0, 0.1) is 0 Å². The third-order valence-electron chi connectivity index (χ3n) is 21.9. The number of nitrogens with zero attached hydrogens (tertiary/aromatic N) is 8. The van der Waals surface area contributed by atoms with Crippen LogP contribution in [0.5, 0.6) is 0 Å². The van der Waals surface area contributed by atoms with E-state index in [2.05, 4.69) is 263 Å². The molecule has 17 aromatic carbocycles. The molecule has 6 aromatic heterocycles. The van der Waals surface area contributed by atoms with Gasteiger partial charge < -0.3 is 9.13 Å². The molecule has 0 fully saturated rings. The minimum Gasteiger partial charge on any atom is -0.309 e. The Labute approximate surface area is 702 Å². The number of para-hydroxylation sites is 4. The highest BCUT2D eigenvalue weighted by Crippen LogP contribution is 2.49. The molecule has 552 valence electrons. The molecule has 8 nitrogen and oxygen atoms in total. The van der Waals surface area contributed by atoms with Crippen molar-refractivity contribution in [3.8, 4) is 135 Å². The van der Waals surface area contributed by atoms with Crippen LogP contribution in [0.25, 0.3) is 219 Å². The summed E-state index contributed by atoms with van der Waals surface area (Å²) in [6.07, 6.45) is 0. The summed E-state index contributed by atoms with van der Waals surface area (Å²) in [7, 11) is 0. The maximum absolute atomic E-state index is 8.77. The van der Waals surface area contributed by atoms with Crippen LogP contribution in [-0.4, -0.2) is 39.0 Å². The Morgan fingerprint density at radius 2 is 0.458 bits per heavy atom. The number of hydrogen-bond donors (Lipinski definition) is 0. The van der Waals surface area contributed by atoms with Crippen LogP contribution < -0.4 is 0 Å². The van der Waals surface area contributed by atoms with Gasteiger partial charge in [-0.2, -0.15) is 0 Å². The molecule has 10 heteroatoms. The van der Waals surface area contributed by atoms with Crippen LogP contribution in [0.15, 0.2) is 412 Å². The molecule has 0 N–H and O–H groups in total. The van der Waals surface area contributed by atoms with Gasteiger partial charge in [0.05, 0.1) is 35.8 Å². The van der Waals surface area contributed by atoms with Gasteiger partial charge in [0.25, 0.3) is 0 Å². The fourth-order valence-corrected chi connectivity index (χ4v) is 19.1. The van der Waals surface area contributed by atoms with Gasteiger partial charge in [0.1, 0.15) is 0 Å². The zero-order valence-corrected chi connectivity index (χ0v) is 64.5. The van der Waals surface area contributed by atoms with Gasteiger partial charge in [0.2, 0.25) is 0 Å². The molecule has 0 saturated carbocycles. The molecule has 0 atom stereocenters. The normalized spacial score (nSPS) is 12.7. The van der Waals surface area contributed by atoms with E-state index < -0.39 is 36.3 Å². The Balaban J connectivity index is 0.000000151. The molecule has 0 aliphatic rings. The number of fused-ring (bicyclic) bond motifs is 12. The molecule has 0 radical (unpaired) electrons. The van der Waals surface area contributed by atoms with Crippen LogP contribution in [0.2, 0.25) is 0 Å². The Hall–Kier alpha value is -15.2. The van der Waals surface area contributed by atoms with Crippen molar-refractivity contribution in [1.82, 2.24) is 39.0 Å². The van der Waals surface area contributed by atoms with Gasteiger partial charge in [-0.05, 0) is 99.1 Å². The van der Waals surface area contributed by atoms with Crippen LogP contribution in [0.1, 0.15) is 13.7 Å². The summed E-state index contributed by atoms with van der Waals surface area (Å²) in [4.78, 5) is 28.7. The molecule has 118 heavy (non-hydrogen) atoms. The quantitative estimate of drug-likeness (QED) is 0.114. The second kappa shape index (κ2) is 29.6. The first-order chi connectivity index (χ1) is 62.6. The largest absolute Gasteiger partial charge is 0.309 e. The third kappa shape index (κ3) is 12.6. The predicted molar refractivity (Wildman–Crippen MR) is 494 cm³/mol. The van der Waals surface area contributed by atoms with Crippen molar-refractivity contribution in [2.45, 2.75) is 0 Å². The first-order valence-corrected chi connectivity index (χ1v) is 40.4. The SMILES string of the molecule is [2H]c1c([2H])c([2H])c(-c2nc(-c3ccccc3)nc(-c3ccc(-c4ccc(-c5cc(-n6c7ccccc7c7ccccc76)cc6c5sc5c(-c7ccccc7)cccc56)cc4)cc3)n2)c([2H])c1[2H].[2H]c1c([2H])c([2H])c(-c2nc(-c3ccccc3)nc(-c3cccc(-c4cc(-n5c6ccccc6c6ccccc65)cc5c4sc4c(-c6ccccc6)cccc45)c3)n2)c([2H])c1[2H]. The zero-order valence-electron chi connectivity index (χ0n) is 72.9. The van der Waals surface area contributed by atoms with Gasteiger partial charge >= 0.3 is 0 Å². The Bertz CT molecular complexity index is 8270. The average molecular weight is 1550 g/mol. The van der Waals surface area contributed by atoms with E-state index in [0.717, 1.165) is 82.5 Å². The van der Waals surface area contributed by atoms with Gasteiger partial charge in [-0.15, -0.1) is 22.7 Å². The second-order valence-electron chi connectivity index (χ2n) is 28.9. The third-order valence-corrected chi connectivity index (χ3v) is 24.5. The van der Waals surface area contributed by atoms with Gasteiger partial charge in [0.15, 0.2) is 34.9 Å². The summed E-state index contributed by atoms with van der Waals surface area (Å²) in [5, 5.41) is 9.58. The summed E-state index contributed by atoms with van der Waals surface area (Å²) in [5.41, 5.74) is 20.4. The number of benzene rings is 17. The Morgan fingerprint density at radius 3 is 0.856 bits per heavy atom. The standard InChI is InChI=1S/C57H36N4S.C51H32N4S/c1-4-15-39(16-5-1)45-23-14-24-48-50-36-44(61-51-25-12-10-21-46(51)47-22-11-13-26-52(47)61)35-49(54(50)62-53(45)48)40-31-27-37(28-32-40)38-29-33-43(34-30-38)57-59-55(41-17-6-2-7-18-41)58-56(60-57)42-19-8-3-9-20-42;1-4-16-33(17-5-1)39-26-15-27-42-44-32-38(55-45-28-12-10-24-40(45)41-25-11-13-29-46(41)55)31-43(48(44)56-47(39)42)36-22-14-23-37(30-36)51-53-49(34-18-6-2-7-19-34)52-50(54-51)35-20-8-3-9-21-35/h1-36H;1-32H/i2D,6D,7D,17D,18D;2D,6D,7D,18D,19D. The highest BCUT2D eigenvalue weighted by Gasteiger charge is 2.24. The van der Waals surface area contributed by atoms with Crippen molar-refractivity contribution in [3.63, 3.8) is 0 Å². The fraction of sp³-hybridized carbons (Fsp3) is 0. The molecule has 6 heterocycles. The summed E-state index contributed by atoms with van der Waals surface area (Å²) in [6, 6.07) is 117. The minimum atomic E-state index is -0.476. The monoisotopic (exact) mass is 1550 g/mol. The van der Waals surface area contributed by atoms with Crippen LogP contribution >= 0.6 is 22.7 Å². The molecule has 0 unspecified atom stereocenters. The maximum Gasteiger partial charge on any atom is 0.164 e. The molecule has 23 aromatic rings. The van der Waals surface area contributed by atoms with E-state index in [-0.39, 0.29) is 46.9 Å². The van der Waals surface area contributed by atoms with Crippen LogP contribution in [-0.2, 0) is 0 Å². The van der Waals surface area contributed by atoms with Crippen LogP contribution in [0.4, 0.5) is 0 Å². The van der Waals surface area contributed by atoms with E-state index in [9.17, 15) is 0 Å². The molecular formula is C108H68N8S2. The highest BCUT2D eigenvalue weighted by atomic mass is 32.1. The summed E-state index contributed by atoms with van der Waals surface area (Å²) >= 11 is 3.63. The van der Waals surface area contributed by atoms with E-state index in [1.54, 1.807) is 11.3 Å². The van der Waals surface area contributed by atoms with E-state index in [1.807, 2.05) is 114 Å². The van der Waals surface area contributed by atoms with Gasteiger partial charge in [0, 0.05) is 118 Å². The van der Waals surface area contributed by atoms with E-state index >= 15 is 0 Å². The number of hydrogen-bond acceptors (Lipinski definition) is 8. The van der Waals surface area contributed by atoms with Crippen molar-refractivity contribution in [2.75, 3.05) is 0 Å². The summed E-state index contributed by atoms with van der Waals surface area (Å²) in [6.45, 7) is 0. The average Bonchev–Trinajstić information content (AvgIpc) is 1.56. The Kier molecular flexibility index (Phi) is 14.9. The van der Waals surface area contributed by atoms with Gasteiger partial charge in [-0.1, -0.05) is 358 Å². The van der Waals surface area contributed by atoms with Crippen molar-refractivity contribution < 1.29 is 13.7 Å². The number of thiophene rings is 2. The maximum atomic E-state index is 8.77. The molecule has 0 bridgehead atoms. The molecular weight excluding hydrogens is 1470 g/mol. The van der Waals surface area contributed by atoms with Crippen molar-refractivity contribution >= 4 is 107 Å². The number of aromatic nitrogens is 8. The molecule has 0 aliphatic carbocycles. The topological polar surface area (TPSA) is 87.2 Å². The van der Waals surface area contributed by atoms with Crippen LogP contribution in [0.3, 0.4) is 0 Å². The first-order valence-electron chi connectivity index (χ1n) is 43.8. The molecule has 0 spiro atoms. The lowest BCUT2D eigenvalue weighted by Gasteiger charge is -2.13. The molecule has 23 rings (SSSR count). The lowest BCUT2D eigenvalue weighted by atomic mass is 9.97. The Morgan fingerprint density at radius 1 is 0.186 bits per heavy atom. The first kappa shape index (κ1) is 59.5.